The number of benzene rings is 1. The first-order valence-corrected chi connectivity index (χ1v) is 10.7. The average molecular weight is 392 g/mol. The predicted molar refractivity (Wildman–Crippen MR) is 101 cm³/mol. The summed E-state index contributed by atoms with van der Waals surface area (Å²) in [6, 6.07) is 6.67. The number of fused-ring (bicyclic) bond motifs is 1. The summed E-state index contributed by atoms with van der Waals surface area (Å²) in [5, 5.41) is 2.75. The number of amidine groups is 1. The predicted octanol–water partition coefficient (Wildman–Crippen LogP) is 0.634. The van der Waals surface area contributed by atoms with Crippen molar-refractivity contribution in [1.29, 1.82) is 0 Å². The molecule has 2 heterocycles. The van der Waals surface area contributed by atoms with Crippen LogP contribution >= 0.6 is 0 Å². The van der Waals surface area contributed by atoms with Crippen LogP contribution in [0.3, 0.4) is 0 Å². The topological polar surface area (TPSA) is 108 Å². The molecule has 27 heavy (non-hydrogen) atoms. The quantitative estimate of drug-likeness (QED) is 0.664. The van der Waals surface area contributed by atoms with Gasteiger partial charge in [0.05, 0.1) is 4.90 Å². The number of hydrogen-bond acceptors (Lipinski definition) is 5. The molecular weight excluding hydrogens is 368 g/mol. The maximum atomic E-state index is 12.0. The van der Waals surface area contributed by atoms with Gasteiger partial charge in [0.15, 0.2) is 0 Å². The molecule has 2 amide bonds. The Balaban J connectivity index is 1.38. The SMILES string of the molecule is O=C(CCCN=C1NS(=O)(=O)c2ccccc21)NCCC(=O)N1CCCC1. The van der Waals surface area contributed by atoms with Crippen molar-refractivity contribution in [3.05, 3.63) is 29.8 Å². The Labute approximate surface area is 159 Å². The van der Waals surface area contributed by atoms with Crippen molar-refractivity contribution >= 4 is 27.7 Å². The van der Waals surface area contributed by atoms with Crippen LogP contribution in [0.1, 0.15) is 37.7 Å². The molecule has 1 saturated heterocycles. The molecule has 9 heteroatoms. The summed E-state index contributed by atoms with van der Waals surface area (Å²) in [5.41, 5.74) is 0.558. The van der Waals surface area contributed by atoms with Gasteiger partial charge in [-0.05, 0) is 31.4 Å². The number of carbonyl (C=O) groups excluding carboxylic acids is 2. The normalized spacial score (nSPS) is 19.0. The van der Waals surface area contributed by atoms with Crippen molar-refractivity contribution in [1.82, 2.24) is 14.9 Å². The second kappa shape index (κ2) is 8.51. The van der Waals surface area contributed by atoms with Crippen molar-refractivity contribution in [2.75, 3.05) is 26.2 Å². The number of nitrogens with one attached hydrogen (secondary N) is 2. The molecule has 2 aliphatic heterocycles. The average Bonchev–Trinajstić information content (AvgIpc) is 3.26. The molecule has 1 fully saturated rings. The minimum atomic E-state index is -3.53. The van der Waals surface area contributed by atoms with Crippen molar-refractivity contribution in [3.63, 3.8) is 0 Å². The van der Waals surface area contributed by atoms with Gasteiger partial charge in [0.25, 0.3) is 10.0 Å². The smallest absolute Gasteiger partial charge is 0.263 e. The standard InChI is InChI=1S/C18H24N4O4S/c23-16(19-11-9-17(24)22-12-3-4-13-22)8-5-10-20-18-14-6-1-2-7-15(14)27(25,26)21-18/h1-2,6-7H,3-5,8-13H2,(H,19,23)(H,20,21). The van der Waals surface area contributed by atoms with Gasteiger partial charge in [0.2, 0.25) is 11.8 Å². The molecule has 1 aromatic rings. The van der Waals surface area contributed by atoms with E-state index in [1.54, 1.807) is 18.2 Å². The van der Waals surface area contributed by atoms with E-state index in [-0.39, 0.29) is 23.1 Å². The summed E-state index contributed by atoms with van der Waals surface area (Å²) in [7, 11) is -3.53. The summed E-state index contributed by atoms with van der Waals surface area (Å²) in [4.78, 5) is 30.1. The second-order valence-electron chi connectivity index (χ2n) is 6.62. The first kappa shape index (κ1) is 19.3. The van der Waals surface area contributed by atoms with E-state index in [1.165, 1.54) is 6.07 Å². The molecule has 1 aromatic carbocycles. The zero-order valence-electron chi connectivity index (χ0n) is 15.1. The molecule has 0 bridgehead atoms. The molecule has 0 aromatic heterocycles. The van der Waals surface area contributed by atoms with Crippen molar-refractivity contribution in [2.45, 2.75) is 37.0 Å². The summed E-state index contributed by atoms with van der Waals surface area (Å²) in [6.45, 7) is 2.32. The van der Waals surface area contributed by atoms with Gasteiger partial charge in [0.1, 0.15) is 5.84 Å². The summed E-state index contributed by atoms with van der Waals surface area (Å²) in [6.07, 6.45) is 3.22. The molecule has 0 saturated carbocycles. The zero-order valence-corrected chi connectivity index (χ0v) is 15.9. The lowest BCUT2D eigenvalue weighted by Crippen LogP contribution is -2.32. The van der Waals surface area contributed by atoms with Crippen LogP contribution in [0.25, 0.3) is 0 Å². The zero-order chi connectivity index (χ0) is 19.3. The maximum Gasteiger partial charge on any atom is 0.263 e. The van der Waals surface area contributed by atoms with Crippen LogP contribution in [-0.2, 0) is 19.6 Å². The van der Waals surface area contributed by atoms with Crippen LogP contribution in [0, 0.1) is 0 Å². The fourth-order valence-corrected chi connectivity index (χ4v) is 4.45. The Kier molecular flexibility index (Phi) is 6.10. The Morgan fingerprint density at radius 2 is 1.89 bits per heavy atom. The number of hydrogen-bond donors (Lipinski definition) is 2. The Morgan fingerprint density at radius 1 is 1.15 bits per heavy atom. The first-order valence-electron chi connectivity index (χ1n) is 9.18. The van der Waals surface area contributed by atoms with E-state index in [0.29, 0.717) is 37.3 Å². The second-order valence-corrected chi connectivity index (χ2v) is 8.27. The maximum absolute atomic E-state index is 12.0. The van der Waals surface area contributed by atoms with Crippen molar-refractivity contribution in [3.8, 4) is 0 Å². The lowest BCUT2D eigenvalue weighted by Gasteiger charge is -2.15. The molecule has 3 rings (SSSR count). The molecular formula is C18H24N4O4S. The van der Waals surface area contributed by atoms with Gasteiger partial charge < -0.3 is 10.2 Å². The number of carbonyl (C=O) groups is 2. The summed E-state index contributed by atoms with van der Waals surface area (Å²) in [5.74, 6) is 0.283. The number of sulfonamides is 1. The highest BCUT2D eigenvalue weighted by Gasteiger charge is 2.29. The van der Waals surface area contributed by atoms with Crippen LogP contribution in [0.15, 0.2) is 34.2 Å². The monoisotopic (exact) mass is 392 g/mol. The van der Waals surface area contributed by atoms with Gasteiger partial charge in [0, 0.05) is 44.6 Å². The molecule has 2 N–H and O–H groups in total. The van der Waals surface area contributed by atoms with Gasteiger partial charge in [-0.3, -0.25) is 19.3 Å². The molecule has 8 nitrogen and oxygen atoms in total. The highest BCUT2D eigenvalue weighted by atomic mass is 32.2. The van der Waals surface area contributed by atoms with E-state index >= 15 is 0 Å². The number of likely N-dealkylation sites (tertiary alicyclic amines) is 1. The van der Waals surface area contributed by atoms with Crippen LogP contribution in [0.2, 0.25) is 0 Å². The van der Waals surface area contributed by atoms with Crippen molar-refractivity contribution in [2.24, 2.45) is 4.99 Å². The third-order valence-corrected chi connectivity index (χ3v) is 6.01. The third-order valence-electron chi connectivity index (χ3n) is 4.61. The largest absolute Gasteiger partial charge is 0.356 e. The van der Waals surface area contributed by atoms with Gasteiger partial charge in [-0.1, -0.05) is 12.1 Å². The van der Waals surface area contributed by atoms with Gasteiger partial charge in [-0.2, -0.15) is 0 Å². The molecule has 0 atom stereocenters. The Bertz CT molecular complexity index is 845. The van der Waals surface area contributed by atoms with Gasteiger partial charge in [-0.15, -0.1) is 0 Å². The van der Waals surface area contributed by atoms with Crippen LogP contribution in [0.5, 0.6) is 0 Å². The van der Waals surface area contributed by atoms with Gasteiger partial charge >= 0.3 is 0 Å². The number of nitrogens with zero attached hydrogens (tertiary/aromatic N) is 2. The highest BCUT2D eigenvalue weighted by molar-refractivity contribution is 7.90. The van der Waals surface area contributed by atoms with E-state index in [2.05, 4.69) is 15.0 Å². The molecule has 0 radical (unpaired) electrons. The van der Waals surface area contributed by atoms with E-state index in [4.69, 9.17) is 0 Å². The third kappa shape index (κ3) is 4.85. The molecule has 2 aliphatic rings. The fraction of sp³-hybridized carbons (Fsp3) is 0.500. The van der Waals surface area contributed by atoms with Gasteiger partial charge in [-0.25, -0.2) is 8.42 Å². The summed E-state index contributed by atoms with van der Waals surface area (Å²) < 4.78 is 26.4. The minimum absolute atomic E-state index is 0.0892. The van der Waals surface area contributed by atoms with Crippen LogP contribution in [0.4, 0.5) is 0 Å². The first-order chi connectivity index (χ1) is 13.0. The highest BCUT2D eigenvalue weighted by Crippen LogP contribution is 2.22. The van der Waals surface area contributed by atoms with Crippen molar-refractivity contribution < 1.29 is 18.0 Å². The fourth-order valence-electron chi connectivity index (χ4n) is 3.20. The lowest BCUT2D eigenvalue weighted by molar-refractivity contribution is -0.130. The number of aliphatic imine (C=N–C) groups is 1. The Hall–Kier alpha value is -2.42. The van der Waals surface area contributed by atoms with Crippen LogP contribution in [-0.4, -0.2) is 57.1 Å². The van der Waals surface area contributed by atoms with E-state index in [9.17, 15) is 18.0 Å². The minimum Gasteiger partial charge on any atom is -0.356 e. The van der Waals surface area contributed by atoms with E-state index in [1.807, 2.05) is 4.90 Å². The van der Waals surface area contributed by atoms with E-state index in [0.717, 1.165) is 25.9 Å². The molecule has 0 spiro atoms. The number of amides is 2. The lowest BCUT2D eigenvalue weighted by atomic mass is 10.2. The van der Waals surface area contributed by atoms with E-state index < -0.39 is 10.0 Å². The molecule has 146 valence electrons. The summed E-state index contributed by atoms with van der Waals surface area (Å²) >= 11 is 0. The molecule has 0 unspecified atom stereocenters. The number of rotatable bonds is 7. The molecule has 0 aliphatic carbocycles. The van der Waals surface area contributed by atoms with Crippen LogP contribution < -0.4 is 10.0 Å². The Morgan fingerprint density at radius 3 is 2.67 bits per heavy atom.